The molecule has 0 spiro atoms. The molecule has 0 atom stereocenters. The van der Waals surface area contributed by atoms with E-state index in [1.165, 1.54) is 24.3 Å². The number of nitrogens with one attached hydrogen (secondary N) is 1. The molecule has 2 rings (SSSR count). The van der Waals surface area contributed by atoms with Crippen LogP contribution < -0.4 is 5.32 Å². The Kier molecular flexibility index (Phi) is 4.18. The van der Waals surface area contributed by atoms with Crippen molar-refractivity contribution in [2.75, 3.05) is 11.6 Å². The number of anilines is 1. The number of carbonyl (C=O) groups excluding carboxylic acids is 2. The maximum absolute atomic E-state index is 12.0. The van der Waals surface area contributed by atoms with Crippen molar-refractivity contribution >= 4 is 27.7 Å². The number of hydrogen-bond donors (Lipinski definition) is 1. The Morgan fingerprint density at radius 3 is 2.05 bits per heavy atom. The Balaban J connectivity index is 2.14. The molecule has 1 N–H and O–H groups in total. The van der Waals surface area contributed by atoms with Crippen LogP contribution in [-0.4, -0.2) is 26.9 Å². The van der Waals surface area contributed by atoms with E-state index in [0.717, 1.165) is 12.5 Å². The van der Waals surface area contributed by atoms with Crippen LogP contribution >= 0.6 is 0 Å². The lowest BCUT2D eigenvalue weighted by atomic mass is 10.2. The molecule has 0 aliphatic heterocycles. The molecule has 1 amide bonds. The van der Waals surface area contributed by atoms with Gasteiger partial charge in [0.25, 0.3) is 5.91 Å². The first-order chi connectivity index (χ1) is 9.90. The van der Waals surface area contributed by atoms with Gasteiger partial charge in [0, 0.05) is 23.1 Å². The number of benzene rings is 2. The molecule has 2 aromatic carbocycles. The SMILES string of the molecule is CS(=O)(=O)c1ccc(C(=O)Nc2ccc(C=O)cc2)cc1. The highest BCUT2D eigenvalue weighted by molar-refractivity contribution is 7.90. The number of hydrogen-bond acceptors (Lipinski definition) is 4. The van der Waals surface area contributed by atoms with E-state index in [2.05, 4.69) is 5.32 Å². The zero-order chi connectivity index (χ0) is 15.5. The fourth-order valence-corrected chi connectivity index (χ4v) is 2.33. The van der Waals surface area contributed by atoms with Crippen molar-refractivity contribution in [2.45, 2.75) is 4.90 Å². The standard InChI is InChI=1S/C15H13NO4S/c1-21(19,20)14-8-4-12(5-9-14)15(18)16-13-6-2-11(10-17)3-7-13/h2-10H,1H3,(H,16,18). The summed E-state index contributed by atoms with van der Waals surface area (Å²) in [4.78, 5) is 22.7. The Labute approximate surface area is 122 Å². The van der Waals surface area contributed by atoms with E-state index in [1.54, 1.807) is 24.3 Å². The summed E-state index contributed by atoms with van der Waals surface area (Å²) in [7, 11) is -3.28. The molecule has 0 radical (unpaired) electrons. The van der Waals surface area contributed by atoms with Crippen molar-refractivity contribution < 1.29 is 18.0 Å². The highest BCUT2D eigenvalue weighted by Crippen LogP contribution is 2.13. The van der Waals surface area contributed by atoms with E-state index in [0.29, 0.717) is 16.8 Å². The molecule has 0 saturated carbocycles. The molecule has 0 unspecified atom stereocenters. The largest absolute Gasteiger partial charge is 0.322 e. The maximum atomic E-state index is 12.0. The Morgan fingerprint density at radius 1 is 1.00 bits per heavy atom. The molecule has 0 heterocycles. The Hall–Kier alpha value is -2.47. The second-order valence-corrected chi connectivity index (χ2v) is 6.51. The molecule has 21 heavy (non-hydrogen) atoms. The highest BCUT2D eigenvalue weighted by atomic mass is 32.2. The van der Waals surface area contributed by atoms with Gasteiger partial charge in [-0.1, -0.05) is 0 Å². The van der Waals surface area contributed by atoms with Crippen LogP contribution in [0.15, 0.2) is 53.4 Å². The topological polar surface area (TPSA) is 80.3 Å². The third-order valence-corrected chi connectivity index (χ3v) is 3.98. The second kappa shape index (κ2) is 5.88. The third-order valence-electron chi connectivity index (χ3n) is 2.85. The summed E-state index contributed by atoms with van der Waals surface area (Å²) in [6.07, 6.45) is 1.83. The first-order valence-electron chi connectivity index (χ1n) is 6.07. The van der Waals surface area contributed by atoms with Crippen LogP contribution in [-0.2, 0) is 9.84 Å². The molecule has 0 saturated heterocycles. The van der Waals surface area contributed by atoms with Gasteiger partial charge in [-0.15, -0.1) is 0 Å². The van der Waals surface area contributed by atoms with Crippen LogP contribution in [0.3, 0.4) is 0 Å². The third kappa shape index (κ3) is 3.76. The molecule has 2 aromatic rings. The Bertz CT molecular complexity index is 762. The zero-order valence-electron chi connectivity index (χ0n) is 11.2. The normalized spacial score (nSPS) is 10.9. The fourth-order valence-electron chi connectivity index (χ4n) is 1.70. The minimum absolute atomic E-state index is 0.161. The van der Waals surface area contributed by atoms with E-state index in [4.69, 9.17) is 0 Å². The van der Waals surface area contributed by atoms with E-state index in [-0.39, 0.29) is 10.8 Å². The van der Waals surface area contributed by atoms with Crippen molar-refractivity contribution in [3.05, 3.63) is 59.7 Å². The predicted molar refractivity (Wildman–Crippen MR) is 79.3 cm³/mol. The second-order valence-electron chi connectivity index (χ2n) is 4.49. The van der Waals surface area contributed by atoms with Gasteiger partial charge < -0.3 is 5.32 Å². The molecule has 0 fully saturated rings. The smallest absolute Gasteiger partial charge is 0.255 e. The summed E-state index contributed by atoms with van der Waals surface area (Å²) in [5.41, 5.74) is 1.42. The summed E-state index contributed by atoms with van der Waals surface area (Å²) in [5.74, 6) is -0.353. The van der Waals surface area contributed by atoms with E-state index in [1.807, 2.05) is 0 Å². The van der Waals surface area contributed by atoms with Gasteiger partial charge in [0.05, 0.1) is 4.90 Å². The van der Waals surface area contributed by atoms with Crippen molar-refractivity contribution in [3.63, 3.8) is 0 Å². The summed E-state index contributed by atoms with van der Waals surface area (Å²) < 4.78 is 22.7. The lowest BCUT2D eigenvalue weighted by Gasteiger charge is -2.06. The number of amides is 1. The van der Waals surface area contributed by atoms with Crippen LogP contribution in [0.25, 0.3) is 0 Å². The van der Waals surface area contributed by atoms with Crippen LogP contribution in [0.5, 0.6) is 0 Å². The highest BCUT2D eigenvalue weighted by Gasteiger charge is 2.10. The van der Waals surface area contributed by atoms with Gasteiger partial charge >= 0.3 is 0 Å². The number of aldehydes is 1. The van der Waals surface area contributed by atoms with E-state index >= 15 is 0 Å². The molecule has 0 bridgehead atoms. The summed E-state index contributed by atoms with van der Waals surface area (Å²) in [6, 6.07) is 12.1. The van der Waals surface area contributed by atoms with E-state index in [9.17, 15) is 18.0 Å². The minimum Gasteiger partial charge on any atom is -0.322 e. The van der Waals surface area contributed by atoms with Gasteiger partial charge in [0.1, 0.15) is 6.29 Å². The van der Waals surface area contributed by atoms with Crippen molar-refractivity contribution in [1.82, 2.24) is 0 Å². The van der Waals surface area contributed by atoms with Gasteiger partial charge in [-0.2, -0.15) is 0 Å². The molecule has 5 nitrogen and oxygen atoms in total. The van der Waals surface area contributed by atoms with Gasteiger partial charge in [0.2, 0.25) is 0 Å². The molecular weight excluding hydrogens is 290 g/mol. The van der Waals surface area contributed by atoms with Crippen molar-refractivity contribution in [3.8, 4) is 0 Å². The summed E-state index contributed by atoms with van der Waals surface area (Å²) >= 11 is 0. The first kappa shape index (κ1) is 14.9. The van der Waals surface area contributed by atoms with Crippen molar-refractivity contribution in [2.24, 2.45) is 0 Å². The number of sulfone groups is 1. The van der Waals surface area contributed by atoms with Crippen LogP contribution in [0.4, 0.5) is 5.69 Å². The number of rotatable bonds is 4. The molecule has 6 heteroatoms. The summed E-state index contributed by atoms with van der Waals surface area (Å²) in [5, 5.41) is 2.66. The van der Waals surface area contributed by atoms with Crippen LogP contribution in [0.2, 0.25) is 0 Å². The summed E-state index contributed by atoms with van der Waals surface area (Å²) in [6.45, 7) is 0. The van der Waals surface area contributed by atoms with Crippen LogP contribution in [0, 0.1) is 0 Å². The quantitative estimate of drug-likeness (QED) is 0.878. The van der Waals surface area contributed by atoms with Gasteiger partial charge in [-0.3, -0.25) is 9.59 Å². The van der Waals surface area contributed by atoms with E-state index < -0.39 is 9.84 Å². The molecule has 0 aromatic heterocycles. The van der Waals surface area contributed by atoms with Crippen LogP contribution in [0.1, 0.15) is 20.7 Å². The van der Waals surface area contributed by atoms with Gasteiger partial charge in [0.15, 0.2) is 9.84 Å². The average molecular weight is 303 g/mol. The molecule has 0 aliphatic rings. The maximum Gasteiger partial charge on any atom is 0.255 e. The predicted octanol–water partition coefficient (Wildman–Crippen LogP) is 2.15. The van der Waals surface area contributed by atoms with Gasteiger partial charge in [-0.25, -0.2) is 8.42 Å². The lowest BCUT2D eigenvalue weighted by molar-refractivity contribution is 0.102. The lowest BCUT2D eigenvalue weighted by Crippen LogP contribution is -2.12. The van der Waals surface area contributed by atoms with Crippen molar-refractivity contribution in [1.29, 1.82) is 0 Å². The average Bonchev–Trinajstić information content (AvgIpc) is 2.47. The molecule has 0 aliphatic carbocycles. The first-order valence-corrected chi connectivity index (χ1v) is 7.96. The molecular formula is C15H13NO4S. The zero-order valence-corrected chi connectivity index (χ0v) is 12.1. The van der Waals surface area contributed by atoms with Gasteiger partial charge in [-0.05, 0) is 48.5 Å². The molecule has 108 valence electrons. The number of carbonyl (C=O) groups is 2. The monoisotopic (exact) mass is 303 g/mol. The fraction of sp³-hybridized carbons (Fsp3) is 0.0667. The minimum atomic E-state index is -3.28. The Morgan fingerprint density at radius 2 is 1.57 bits per heavy atom.